The molecule has 17 heavy (non-hydrogen) atoms. The number of alkyl halides is 1. The van der Waals surface area contributed by atoms with E-state index in [1.165, 1.54) is 17.7 Å². The molecule has 0 fully saturated rings. The van der Waals surface area contributed by atoms with Gasteiger partial charge >= 0.3 is 0 Å². The third kappa shape index (κ3) is 2.43. The van der Waals surface area contributed by atoms with Crippen molar-refractivity contribution >= 4 is 43.0 Å². The predicted octanol–water partition coefficient (Wildman–Crippen LogP) is 2.40. The SMILES string of the molecule is Cc1csc2c(S(=O)(=O)CCCCl)ncnc12. The molecule has 2 rings (SSSR count). The molecule has 0 spiro atoms. The smallest absolute Gasteiger partial charge is 0.197 e. The number of fused-ring (bicyclic) bond motifs is 1. The van der Waals surface area contributed by atoms with E-state index in [9.17, 15) is 8.42 Å². The number of rotatable bonds is 4. The van der Waals surface area contributed by atoms with Gasteiger partial charge in [-0.25, -0.2) is 18.4 Å². The van der Waals surface area contributed by atoms with E-state index in [-0.39, 0.29) is 10.8 Å². The number of hydrogen-bond donors (Lipinski definition) is 0. The van der Waals surface area contributed by atoms with Crippen molar-refractivity contribution in [3.8, 4) is 0 Å². The van der Waals surface area contributed by atoms with E-state index in [2.05, 4.69) is 9.97 Å². The quantitative estimate of drug-likeness (QED) is 0.641. The van der Waals surface area contributed by atoms with Crippen molar-refractivity contribution in [3.63, 3.8) is 0 Å². The van der Waals surface area contributed by atoms with Crippen molar-refractivity contribution < 1.29 is 8.42 Å². The first-order valence-corrected chi connectivity index (χ1v) is 8.10. The third-order valence-electron chi connectivity index (χ3n) is 2.34. The molecule has 0 N–H and O–H groups in total. The van der Waals surface area contributed by atoms with E-state index in [4.69, 9.17) is 11.6 Å². The summed E-state index contributed by atoms with van der Waals surface area (Å²) in [4.78, 5) is 8.02. The number of thiophene rings is 1. The summed E-state index contributed by atoms with van der Waals surface area (Å²) < 4.78 is 24.8. The second kappa shape index (κ2) is 4.88. The number of nitrogens with zero attached hydrogens (tertiary/aromatic N) is 2. The molecule has 0 radical (unpaired) electrons. The Balaban J connectivity index is 2.56. The van der Waals surface area contributed by atoms with Crippen LogP contribution in [-0.2, 0) is 9.84 Å². The second-order valence-corrected chi connectivity index (χ2v) is 6.92. The third-order valence-corrected chi connectivity index (χ3v) is 5.55. The number of aryl methyl sites for hydroxylation is 1. The van der Waals surface area contributed by atoms with Crippen molar-refractivity contribution in [1.82, 2.24) is 9.97 Å². The molecule has 2 heterocycles. The Kier molecular flexibility index (Phi) is 3.65. The minimum Gasteiger partial charge on any atom is -0.235 e. The molecule has 0 aromatic carbocycles. The van der Waals surface area contributed by atoms with E-state index in [0.717, 1.165) is 11.1 Å². The Labute approximate surface area is 109 Å². The molecule has 0 aliphatic heterocycles. The molecule has 0 unspecified atom stereocenters. The predicted molar refractivity (Wildman–Crippen MR) is 69.5 cm³/mol. The number of hydrogen-bond acceptors (Lipinski definition) is 5. The van der Waals surface area contributed by atoms with Crippen molar-refractivity contribution in [2.45, 2.75) is 18.4 Å². The molecular weight excluding hydrogens is 280 g/mol. The Morgan fingerprint density at radius 3 is 2.88 bits per heavy atom. The van der Waals surface area contributed by atoms with E-state index in [1.807, 2.05) is 12.3 Å². The summed E-state index contributed by atoms with van der Waals surface area (Å²) in [6.45, 7) is 1.90. The van der Waals surface area contributed by atoms with Gasteiger partial charge in [-0.2, -0.15) is 0 Å². The van der Waals surface area contributed by atoms with Gasteiger partial charge in [0.15, 0.2) is 14.9 Å². The fourth-order valence-corrected chi connectivity index (χ4v) is 4.52. The lowest BCUT2D eigenvalue weighted by atomic mass is 10.3. The molecule has 2 aromatic heterocycles. The average molecular weight is 291 g/mol. The van der Waals surface area contributed by atoms with Crippen LogP contribution in [-0.4, -0.2) is 30.0 Å². The molecule has 0 aliphatic rings. The summed E-state index contributed by atoms with van der Waals surface area (Å²) in [6.07, 6.45) is 1.73. The fourth-order valence-electron chi connectivity index (χ4n) is 1.51. The summed E-state index contributed by atoms with van der Waals surface area (Å²) in [6, 6.07) is 0. The Bertz CT molecular complexity index is 637. The molecule has 0 saturated heterocycles. The van der Waals surface area contributed by atoms with Gasteiger partial charge in [-0.3, -0.25) is 0 Å². The van der Waals surface area contributed by atoms with Crippen LogP contribution in [0.3, 0.4) is 0 Å². The molecule has 7 heteroatoms. The standard InChI is InChI=1S/C10H11ClN2O2S2/c1-7-5-16-9-8(7)12-6-13-10(9)17(14,15)4-2-3-11/h5-6H,2-4H2,1H3. The highest BCUT2D eigenvalue weighted by Gasteiger charge is 2.20. The summed E-state index contributed by atoms with van der Waals surface area (Å²) >= 11 is 6.89. The van der Waals surface area contributed by atoms with Crippen molar-refractivity contribution in [2.24, 2.45) is 0 Å². The monoisotopic (exact) mass is 290 g/mol. The van der Waals surface area contributed by atoms with E-state index >= 15 is 0 Å². The number of aromatic nitrogens is 2. The van der Waals surface area contributed by atoms with E-state index in [1.54, 1.807) is 0 Å². The lowest BCUT2D eigenvalue weighted by Gasteiger charge is -2.03. The molecule has 0 saturated carbocycles. The fraction of sp³-hybridized carbons (Fsp3) is 0.400. The van der Waals surface area contributed by atoms with E-state index < -0.39 is 9.84 Å². The van der Waals surface area contributed by atoms with Gasteiger partial charge in [0.05, 0.1) is 16.0 Å². The van der Waals surface area contributed by atoms with Crippen LogP contribution >= 0.6 is 22.9 Å². The van der Waals surface area contributed by atoms with Crippen LogP contribution in [0, 0.1) is 6.92 Å². The zero-order chi connectivity index (χ0) is 12.5. The van der Waals surface area contributed by atoms with Gasteiger partial charge in [-0.15, -0.1) is 22.9 Å². The molecule has 0 bridgehead atoms. The van der Waals surface area contributed by atoms with Crippen LogP contribution in [0.1, 0.15) is 12.0 Å². The maximum absolute atomic E-state index is 12.1. The van der Waals surface area contributed by atoms with Gasteiger partial charge in [0, 0.05) is 5.88 Å². The summed E-state index contributed by atoms with van der Waals surface area (Å²) in [5, 5.41) is 2.02. The van der Waals surface area contributed by atoms with Crippen LogP contribution in [0.25, 0.3) is 10.2 Å². The highest BCUT2D eigenvalue weighted by atomic mass is 35.5. The highest BCUT2D eigenvalue weighted by molar-refractivity contribution is 7.91. The zero-order valence-electron chi connectivity index (χ0n) is 9.18. The van der Waals surface area contributed by atoms with Crippen molar-refractivity contribution in [3.05, 3.63) is 17.3 Å². The van der Waals surface area contributed by atoms with Gasteiger partial charge in [-0.05, 0) is 24.3 Å². The van der Waals surface area contributed by atoms with Crippen LogP contribution < -0.4 is 0 Å². The van der Waals surface area contributed by atoms with Crippen molar-refractivity contribution in [2.75, 3.05) is 11.6 Å². The Morgan fingerprint density at radius 1 is 1.41 bits per heavy atom. The number of halogens is 1. The minimum absolute atomic E-state index is 0.0273. The Hall–Kier alpha value is -0.720. The van der Waals surface area contributed by atoms with Gasteiger partial charge < -0.3 is 0 Å². The minimum atomic E-state index is -3.36. The van der Waals surface area contributed by atoms with Crippen molar-refractivity contribution in [1.29, 1.82) is 0 Å². The molecule has 0 aliphatic carbocycles. The first-order valence-electron chi connectivity index (χ1n) is 5.04. The molecule has 92 valence electrons. The molecule has 0 atom stereocenters. The summed E-state index contributed by atoms with van der Waals surface area (Å²) in [7, 11) is -3.36. The van der Waals surface area contributed by atoms with Crippen LogP contribution in [0.5, 0.6) is 0 Å². The van der Waals surface area contributed by atoms with Crippen LogP contribution in [0.2, 0.25) is 0 Å². The zero-order valence-corrected chi connectivity index (χ0v) is 11.6. The largest absolute Gasteiger partial charge is 0.235 e. The van der Waals surface area contributed by atoms with E-state index in [0.29, 0.717) is 17.0 Å². The average Bonchev–Trinajstić information content (AvgIpc) is 2.69. The summed E-state index contributed by atoms with van der Waals surface area (Å²) in [5.74, 6) is 0.358. The maximum Gasteiger partial charge on any atom is 0.197 e. The number of sulfone groups is 1. The van der Waals surface area contributed by atoms with Crippen LogP contribution in [0.4, 0.5) is 0 Å². The highest BCUT2D eigenvalue weighted by Crippen LogP contribution is 2.28. The van der Waals surface area contributed by atoms with Gasteiger partial charge in [0.1, 0.15) is 6.33 Å². The maximum atomic E-state index is 12.1. The summed E-state index contributed by atoms with van der Waals surface area (Å²) in [5.41, 5.74) is 1.69. The first-order chi connectivity index (χ1) is 8.06. The van der Waals surface area contributed by atoms with Gasteiger partial charge in [0.2, 0.25) is 0 Å². The second-order valence-electron chi connectivity index (χ2n) is 3.64. The molecule has 4 nitrogen and oxygen atoms in total. The van der Waals surface area contributed by atoms with Gasteiger partial charge in [-0.1, -0.05) is 0 Å². The van der Waals surface area contributed by atoms with Crippen LogP contribution in [0.15, 0.2) is 16.7 Å². The molecule has 2 aromatic rings. The van der Waals surface area contributed by atoms with Gasteiger partial charge in [0.25, 0.3) is 0 Å². The lowest BCUT2D eigenvalue weighted by molar-refractivity contribution is 0.592. The topological polar surface area (TPSA) is 59.9 Å². The normalized spacial score (nSPS) is 12.1. The molecule has 0 amide bonds. The molecular formula is C10H11ClN2O2S2. The Morgan fingerprint density at radius 2 is 2.18 bits per heavy atom. The lowest BCUT2D eigenvalue weighted by Crippen LogP contribution is -2.09. The first kappa shape index (κ1) is 12.7.